The molecule has 1 aromatic rings. The second-order valence-corrected chi connectivity index (χ2v) is 5.40. The van der Waals surface area contributed by atoms with E-state index >= 15 is 0 Å². The summed E-state index contributed by atoms with van der Waals surface area (Å²) in [7, 11) is 0. The number of hydrogen-bond donors (Lipinski definition) is 1. The molecule has 0 heterocycles. The first-order valence-corrected chi connectivity index (χ1v) is 7.14. The van der Waals surface area contributed by atoms with Gasteiger partial charge in [0.15, 0.2) is 0 Å². The third-order valence-corrected chi connectivity index (χ3v) is 3.36. The van der Waals surface area contributed by atoms with Crippen molar-refractivity contribution in [3.8, 4) is 0 Å². The molecule has 4 heteroatoms. The monoisotopic (exact) mass is 283 g/mol. The quantitative estimate of drug-likeness (QED) is 0.752. The van der Waals surface area contributed by atoms with Gasteiger partial charge in [0.05, 0.1) is 11.3 Å². The Bertz CT molecular complexity index is 432. The van der Waals surface area contributed by atoms with Gasteiger partial charge in [-0.15, -0.1) is 0 Å². The molecule has 0 atom stereocenters. The molecule has 0 saturated carbocycles. The lowest BCUT2D eigenvalue weighted by Gasteiger charge is -2.30. The van der Waals surface area contributed by atoms with Crippen LogP contribution in [-0.2, 0) is 0 Å². The van der Waals surface area contributed by atoms with Crippen molar-refractivity contribution >= 4 is 23.3 Å². The van der Waals surface area contributed by atoms with Gasteiger partial charge in [0.1, 0.15) is 0 Å². The van der Waals surface area contributed by atoms with Gasteiger partial charge in [0, 0.05) is 17.6 Å². The van der Waals surface area contributed by atoms with Crippen molar-refractivity contribution in [1.82, 2.24) is 0 Å². The Kier molecular flexibility index (Phi) is 6.16. The van der Waals surface area contributed by atoms with E-state index < -0.39 is 5.97 Å². The Morgan fingerprint density at radius 2 is 2.05 bits per heavy atom. The summed E-state index contributed by atoms with van der Waals surface area (Å²) >= 11 is 5.89. The Labute approximate surface area is 120 Å². The molecule has 0 saturated heterocycles. The SMILES string of the molecule is CCCCCN(c1ccc(Cl)cc1C(=O)O)C(C)C. The predicted octanol–water partition coefficient (Wildman–Crippen LogP) is 4.44. The molecule has 0 fully saturated rings. The number of benzene rings is 1. The Hall–Kier alpha value is -1.22. The van der Waals surface area contributed by atoms with E-state index in [-0.39, 0.29) is 11.6 Å². The Balaban J connectivity index is 3.04. The molecule has 1 rings (SSSR count). The number of aromatic carboxylic acids is 1. The van der Waals surface area contributed by atoms with Gasteiger partial charge in [0.2, 0.25) is 0 Å². The summed E-state index contributed by atoms with van der Waals surface area (Å²) in [5.41, 5.74) is 1.03. The molecule has 0 unspecified atom stereocenters. The van der Waals surface area contributed by atoms with Gasteiger partial charge < -0.3 is 10.0 Å². The summed E-state index contributed by atoms with van der Waals surface area (Å²) in [6, 6.07) is 5.33. The lowest BCUT2D eigenvalue weighted by molar-refractivity contribution is 0.0697. The molecule has 0 radical (unpaired) electrons. The maximum absolute atomic E-state index is 11.3. The Morgan fingerprint density at radius 3 is 2.58 bits per heavy atom. The smallest absolute Gasteiger partial charge is 0.337 e. The molecular weight excluding hydrogens is 262 g/mol. The summed E-state index contributed by atoms with van der Waals surface area (Å²) in [5.74, 6) is -0.932. The first-order valence-electron chi connectivity index (χ1n) is 6.76. The van der Waals surface area contributed by atoms with Gasteiger partial charge in [-0.2, -0.15) is 0 Å². The van der Waals surface area contributed by atoms with Crippen LogP contribution in [0.2, 0.25) is 5.02 Å². The van der Waals surface area contributed by atoms with Crippen molar-refractivity contribution < 1.29 is 9.90 Å². The molecular formula is C15H22ClNO2. The van der Waals surface area contributed by atoms with E-state index in [0.29, 0.717) is 5.02 Å². The zero-order valence-corrected chi connectivity index (χ0v) is 12.6. The summed E-state index contributed by atoms with van der Waals surface area (Å²) in [5, 5.41) is 9.76. The third kappa shape index (κ3) is 4.43. The molecule has 1 aromatic carbocycles. The molecule has 0 aliphatic heterocycles. The van der Waals surface area contributed by atoms with Crippen molar-refractivity contribution in [2.45, 2.75) is 46.1 Å². The normalized spacial score (nSPS) is 10.8. The Morgan fingerprint density at radius 1 is 1.37 bits per heavy atom. The highest BCUT2D eigenvalue weighted by molar-refractivity contribution is 6.31. The first-order chi connectivity index (χ1) is 8.97. The molecule has 0 bridgehead atoms. The second-order valence-electron chi connectivity index (χ2n) is 4.96. The van der Waals surface area contributed by atoms with Gasteiger partial charge in [-0.3, -0.25) is 0 Å². The number of anilines is 1. The maximum Gasteiger partial charge on any atom is 0.337 e. The zero-order chi connectivity index (χ0) is 14.4. The molecule has 0 aliphatic carbocycles. The number of hydrogen-bond acceptors (Lipinski definition) is 2. The number of rotatable bonds is 7. The highest BCUT2D eigenvalue weighted by atomic mass is 35.5. The second kappa shape index (κ2) is 7.39. The average Bonchev–Trinajstić information content (AvgIpc) is 2.35. The van der Waals surface area contributed by atoms with E-state index in [1.165, 1.54) is 6.07 Å². The number of carbonyl (C=O) groups is 1. The molecule has 1 N–H and O–H groups in total. The third-order valence-electron chi connectivity index (χ3n) is 3.12. The topological polar surface area (TPSA) is 40.5 Å². The van der Waals surface area contributed by atoms with Crippen LogP contribution in [0.5, 0.6) is 0 Å². The number of carboxylic acid groups (broad SMARTS) is 1. The fourth-order valence-corrected chi connectivity index (χ4v) is 2.29. The van der Waals surface area contributed by atoms with Crippen LogP contribution in [-0.4, -0.2) is 23.7 Å². The summed E-state index contributed by atoms with van der Waals surface area (Å²) < 4.78 is 0. The van der Waals surface area contributed by atoms with Crippen molar-refractivity contribution in [1.29, 1.82) is 0 Å². The first kappa shape index (κ1) is 15.8. The highest BCUT2D eigenvalue weighted by Crippen LogP contribution is 2.26. The van der Waals surface area contributed by atoms with E-state index in [2.05, 4.69) is 25.7 Å². The van der Waals surface area contributed by atoms with E-state index in [9.17, 15) is 9.90 Å². The van der Waals surface area contributed by atoms with Crippen LogP contribution in [0, 0.1) is 0 Å². The largest absolute Gasteiger partial charge is 0.478 e. The fraction of sp³-hybridized carbons (Fsp3) is 0.533. The van der Waals surface area contributed by atoms with Gasteiger partial charge in [-0.05, 0) is 38.5 Å². The van der Waals surface area contributed by atoms with Crippen LogP contribution in [0.25, 0.3) is 0 Å². The van der Waals surface area contributed by atoms with Gasteiger partial charge in [-0.1, -0.05) is 31.4 Å². The molecule has 106 valence electrons. The minimum absolute atomic E-state index is 0.260. The number of unbranched alkanes of at least 4 members (excludes halogenated alkanes) is 2. The fourth-order valence-electron chi connectivity index (χ4n) is 2.12. The molecule has 19 heavy (non-hydrogen) atoms. The predicted molar refractivity (Wildman–Crippen MR) is 80.4 cm³/mol. The van der Waals surface area contributed by atoms with E-state index in [0.717, 1.165) is 31.5 Å². The lowest BCUT2D eigenvalue weighted by Crippen LogP contribution is -2.33. The number of carboxylic acids is 1. The standard InChI is InChI=1S/C15H22ClNO2/c1-4-5-6-9-17(11(2)3)14-8-7-12(16)10-13(14)15(18)19/h7-8,10-11H,4-6,9H2,1-3H3,(H,18,19). The summed E-state index contributed by atoms with van der Waals surface area (Å²) in [6.45, 7) is 7.18. The van der Waals surface area contributed by atoms with Crippen LogP contribution in [0.15, 0.2) is 18.2 Å². The maximum atomic E-state index is 11.3. The van der Waals surface area contributed by atoms with Gasteiger partial charge in [0.25, 0.3) is 0 Å². The molecule has 0 spiro atoms. The summed E-state index contributed by atoms with van der Waals surface area (Å²) in [6.07, 6.45) is 3.37. The average molecular weight is 284 g/mol. The number of nitrogens with zero attached hydrogens (tertiary/aromatic N) is 1. The van der Waals surface area contributed by atoms with E-state index in [4.69, 9.17) is 11.6 Å². The van der Waals surface area contributed by atoms with E-state index in [1.54, 1.807) is 12.1 Å². The zero-order valence-electron chi connectivity index (χ0n) is 11.8. The van der Waals surface area contributed by atoms with Crippen molar-refractivity contribution in [2.24, 2.45) is 0 Å². The van der Waals surface area contributed by atoms with Crippen molar-refractivity contribution in [2.75, 3.05) is 11.4 Å². The minimum Gasteiger partial charge on any atom is -0.478 e. The van der Waals surface area contributed by atoms with Gasteiger partial charge in [-0.25, -0.2) is 4.79 Å². The highest BCUT2D eigenvalue weighted by Gasteiger charge is 2.18. The summed E-state index contributed by atoms with van der Waals surface area (Å²) in [4.78, 5) is 13.5. The molecule has 0 amide bonds. The van der Waals surface area contributed by atoms with E-state index in [1.807, 2.05) is 0 Å². The molecule has 3 nitrogen and oxygen atoms in total. The van der Waals surface area contributed by atoms with Crippen LogP contribution in [0.1, 0.15) is 50.4 Å². The lowest BCUT2D eigenvalue weighted by atomic mass is 10.1. The minimum atomic E-state index is -0.932. The number of halogens is 1. The van der Waals surface area contributed by atoms with Crippen LogP contribution in [0.4, 0.5) is 5.69 Å². The molecule has 0 aromatic heterocycles. The molecule has 0 aliphatic rings. The van der Waals surface area contributed by atoms with Crippen LogP contribution < -0.4 is 4.90 Å². The van der Waals surface area contributed by atoms with Crippen LogP contribution in [0.3, 0.4) is 0 Å². The van der Waals surface area contributed by atoms with Crippen LogP contribution >= 0.6 is 11.6 Å². The van der Waals surface area contributed by atoms with Crippen molar-refractivity contribution in [3.63, 3.8) is 0 Å². The van der Waals surface area contributed by atoms with Crippen molar-refractivity contribution in [3.05, 3.63) is 28.8 Å². The van der Waals surface area contributed by atoms with Gasteiger partial charge >= 0.3 is 5.97 Å².